The van der Waals surface area contributed by atoms with Crippen molar-refractivity contribution >= 4 is 76.7 Å². The minimum Gasteiger partial charge on any atom is -0.444 e. The lowest BCUT2D eigenvalue weighted by Gasteiger charge is -2.19. The van der Waals surface area contributed by atoms with Gasteiger partial charge in [-0.1, -0.05) is 37.7 Å². The van der Waals surface area contributed by atoms with Crippen LogP contribution in [0.5, 0.6) is 0 Å². The number of alkyl carbamates (subject to hydrolysis) is 2. The molecule has 414 valence electrons. The van der Waals surface area contributed by atoms with Crippen LogP contribution in [0.25, 0.3) is 0 Å². The number of nitrogens with one attached hydrogen (secondary N) is 5. The molecule has 4 aliphatic rings. The Bertz CT molecular complexity index is 2100. The zero-order chi connectivity index (χ0) is 54.4. The number of rotatable bonds is 31. The highest BCUT2D eigenvalue weighted by Gasteiger charge is 2.42. The Kier molecular flexibility index (Phi) is 25.0. The number of hydrogen-bond donors (Lipinski definition) is 5. The molecule has 0 aromatic heterocycles. The third-order valence-electron chi connectivity index (χ3n) is 13.1. The number of benzene rings is 1. The number of guanidine groups is 2. The zero-order valence-electron chi connectivity index (χ0n) is 45.2. The average molecular weight is 1080 g/mol. The second kappa shape index (κ2) is 30.7. The molecular formula is C56H83N7O10S2. The van der Waals surface area contributed by atoms with Gasteiger partial charge in [0.25, 0.3) is 5.91 Å². The summed E-state index contributed by atoms with van der Waals surface area (Å²) < 4.78 is 16.0. The fourth-order valence-electron chi connectivity index (χ4n) is 9.56. The van der Waals surface area contributed by atoms with E-state index in [1.165, 1.54) is 0 Å². The number of nitrogens with zero attached hydrogens (tertiary/aromatic N) is 2. The molecule has 6 atom stereocenters. The fraction of sp³-hybridized carbons (Fsp3) is 0.696. The summed E-state index contributed by atoms with van der Waals surface area (Å²) in [4.78, 5) is 98.8. The van der Waals surface area contributed by atoms with Gasteiger partial charge in [0.15, 0.2) is 0 Å². The van der Waals surface area contributed by atoms with E-state index < -0.39 is 23.4 Å². The summed E-state index contributed by atoms with van der Waals surface area (Å²) in [6, 6.07) is 5.77. The third-order valence-corrected chi connectivity index (χ3v) is 16.0. The van der Waals surface area contributed by atoms with Gasteiger partial charge in [-0.2, -0.15) is 23.5 Å². The van der Waals surface area contributed by atoms with Crippen LogP contribution in [0.3, 0.4) is 0 Å². The number of Topliss-reactive ketones (excluding diaryl/α,β-unsaturated/α-hetero) is 4. The molecule has 4 aliphatic heterocycles. The van der Waals surface area contributed by atoms with Gasteiger partial charge in [0.05, 0.1) is 30.8 Å². The Morgan fingerprint density at radius 3 is 1.44 bits per heavy atom. The maximum Gasteiger partial charge on any atom is 0.414 e. The summed E-state index contributed by atoms with van der Waals surface area (Å²) in [6.07, 6.45) is 16.9. The molecule has 5 rings (SSSR count). The molecule has 2 fully saturated rings. The molecule has 3 amide bonds. The molecule has 6 unspecified atom stereocenters. The van der Waals surface area contributed by atoms with E-state index in [-0.39, 0.29) is 85.8 Å². The van der Waals surface area contributed by atoms with Crippen molar-refractivity contribution in [3.8, 4) is 12.3 Å². The van der Waals surface area contributed by atoms with Crippen molar-refractivity contribution in [1.82, 2.24) is 26.6 Å². The summed E-state index contributed by atoms with van der Waals surface area (Å²) in [5.74, 6) is 5.33. The molecule has 0 saturated carbocycles. The van der Waals surface area contributed by atoms with Crippen molar-refractivity contribution in [2.75, 3.05) is 31.3 Å². The SMILES string of the molecule is C#CCOCCNC(=O)c1cc(CC(=O)CCCCCC(=O)CCCCC2SCC3NC(NC(=O)OC(C)(C)C)=NC32)cc(CC(=O)CCCCCC(=O)CCCCC2SCC3NC(NC(=O)OC(C)(C)C)=NC32)c1. The lowest BCUT2D eigenvalue weighted by atomic mass is 9.96. The van der Waals surface area contributed by atoms with Crippen molar-refractivity contribution in [3.63, 3.8) is 0 Å². The predicted molar refractivity (Wildman–Crippen MR) is 296 cm³/mol. The molecule has 4 heterocycles. The first kappa shape index (κ1) is 60.9. The summed E-state index contributed by atoms with van der Waals surface area (Å²) in [5.41, 5.74) is 0.526. The number of aliphatic imine (C=N–C) groups is 2. The first-order chi connectivity index (χ1) is 35.7. The normalized spacial score (nSPS) is 20.6. The van der Waals surface area contributed by atoms with Crippen LogP contribution in [0.2, 0.25) is 0 Å². The van der Waals surface area contributed by atoms with Gasteiger partial charge in [-0.15, -0.1) is 6.42 Å². The second-order valence-electron chi connectivity index (χ2n) is 22.1. The zero-order valence-corrected chi connectivity index (χ0v) is 46.9. The van der Waals surface area contributed by atoms with Gasteiger partial charge >= 0.3 is 12.2 Å². The van der Waals surface area contributed by atoms with Crippen molar-refractivity contribution in [3.05, 3.63) is 34.9 Å². The van der Waals surface area contributed by atoms with Gasteiger partial charge in [0.1, 0.15) is 40.9 Å². The van der Waals surface area contributed by atoms with Crippen LogP contribution in [0.15, 0.2) is 28.2 Å². The van der Waals surface area contributed by atoms with Crippen LogP contribution in [0.4, 0.5) is 9.59 Å². The van der Waals surface area contributed by atoms with E-state index in [0.29, 0.717) is 90.5 Å². The monoisotopic (exact) mass is 1080 g/mol. The largest absolute Gasteiger partial charge is 0.444 e. The lowest BCUT2D eigenvalue weighted by molar-refractivity contribution is -0.120. The average Bonchev–Trinajstić information content (AvgIpc) is 4.10. The van der Waals surface area contributed by atoms with Crippen molar-refractivity contribution in [2.24, 2.45) is 9.98 Å². The number of fused-ring (bicyclic) bond motifs is 2. The number of thioether (sulfide) groups is 2. The van der Waals surface area contributed by atoms with Crippen LogP contribution >= 0.6 is 23.5 Å². The fourth-order valence-corrected chi connectivity index (χ4v) is 12.6. The standard InChI is InChI=1S/C56H83N7O10S2/c1-8-28-71-29-27-57-50(68)39-31-37(33-42(66)23-13-9-11-19-40(64)21-15-17-25-46-48-44(35-74-46)58-51(60-48)62-53(69)72-55(2,3)4)30-38(32-39)34-43(67)24-14-10-12-20-41(65)22-16-18-26-47-49-45(36-75-47)59-52(61-49)63-54(70)73-56(5,6)7/h1,30-32,44-49H,9-29,33-36H2,2-7H3,(H,57,68)(H2,58,60,62,69)(H2,59,61,63,70). The maximum absolute atomic E-state index is 13.2. The number of unbranched alkanes of at least 4 members (excludes halogenated alkanes) is 6. The number of terminal acetylenes is 1. The van der Waals surface area contributed by atoms with Gasteiger partial charge in [0.2, 0.25) is 11.9 Å². The molecule has 75 heavy (non-hydrogen) atoms. The molecular weight excluding hydrogens is 995 g/mol. The Morgan fingerprint density at radius 1 is 0.613 bits per heavy atom. The van der Waals surface area contributed by atoms with Crippen LogP contribution < -0.4 is 26.6 Å². The molecule has 2 saturated heterocycles. The Balaban J connectivity index is 0.948. The third kappa shape index (κ3) is 23.1. The maximum atomic E-state index is 13.2. The molecule has 0 aliphatic carbocycles. The predicted octanol–water partition coefficient (Wildman–Crippen LogP) is 8.12. The van der Waals surface area contributed by atoms with Gasteiger partial charge in [-0.25, -0.2) is 19.6 Å². The van der Waals surface area contributed by atoms with Crippen LogP contribution in [0, 0.1) is 12.3 Å². The van der Waals surface area contributed by atoms with Gasteiger partial charge < -0.3 is 30.2 Å². The Hall–Kier alpha value is -4.93. The van der Waals surface area contributed by atoms with Crippen LogP contribution in [-0.2, 0) is 46.2 Å². The quantitative estimate of drug-likeness (QED) is 0.0349. The van der Waals surface area contributed by atoms with E-state index in [1.807, 2.05) is 71.1 Å². The summed E-state index contributed by atoms with van der Waals surface area (Å²) >= 11 is 3.76. The summed E-state index contributed by atoms with van der Waals surface area (Å²) in [5, 5.41) is 15.5. The topological polar surface area (TPSA) is 232 Å². The van der Waals surface area contributed by atoms with E-state index in [4.69, 9.17) is 30.6 Å². The highest BCUT2D eigenvalue weighted by atomic mass is 32.2. The number of amides is 3. The first-order valence-corrected chi connectivity index (χ1v) is 29.2. The number of ketones is 4. The molecule has 5 N–H and O–H groups in total. The molecule has 0 bridgehead atoms. The van der Waals surface area contributed by atoms with E-state index >= 15 is 0 Å². The first-order valence-electron chi connectivity index (χ1n) is 27.1. The number of carbonyl (C=O) groups is 7. The number of hydrogen-bond acceptors (Lipinski definition) is 16. The second-order valence-corrected chi connectivity index (χ2v) is 24.7. The molecule has 1 aromatic rings. The van der Waals surface area contributed by atoms with E-state index in [2.05, 4.69) is 32.5 Å². The lowest BCUT2D eigenvalue weighted by Crippen LogP contribution is -2.44. The molecule has 17 nitrogen and oxygen atoms in total. The van der Waals surface area contributed by atoms with Crippen molar-refractivity contribution in [1.29, 1.82) is 0 Å². The van der Waals surface area contributed by atoms with Crippen LogP contribution in [0.1, 0.15) is 179 Å². The van der Waals surface area contributed by atoms with Gasteiger partial charge in [-0.05, 0) is 116 Å². The van der Waals surface area contributed by atoms with E-state index in [0.717, 1.165) is 75.7 Å². The molecule has 0 radical (unpaired) electrons. The number of ether oxygens (including phenoxy) is 3. The van der Waals surface area contributed by atoms with E-state index in [9.17, 15) is 33.6 Å². The highest BCUT2D eigenvalue weighted by molar-refractivity contribution is 8.00. The molecule has 19 heteroatoms. The number of carbonyl (C=O) groups excluding carboxylic acids is 7. The summed E-state index contributed by atoms with van der Waals surface area (Å²) in [6.45, 7) is 11.5. The smallest absolute Gasteiger partial charge is 0.414 e. The van der Waals surface area contributed by atoms with Crippen molar-refractivity contribution in [2.45, 2.75) is 216 Å². The summed E-state index contributed by atoms with van der Waals surface area (Å²) in [7, 11) is 0. The van der Waals surface area contributed by atoms with Gasteiger partial charge in [0, 0.05) is 85.5 Å². The molecule has 1 aromatic carbocycles. The molecule has 0 spiro atoms. The minimum atomic E-state index is -0.592. The van der Waals surface area contributed by atoms with Crippen molar-refractivity contribution < 1.29 is 47.8 Å². The Labute approximate surface area is 453 Å². The minimum absolute atomic E-state index is 0.0295. The van der Waals surface area contributed by atoms with Gasteiger partial charge in [-0.3, -0.25) is 34.6 Å². The van der Waals surface area contributed by atoms with Crippen LogP contribution in [-0.4, -0.2) is 130 Å². The Morgan fingerprint density at radius 2 is 1.03 bits per heavy atom. The van der Waals surface area contributed by atoms with E-state index in [1.54, 1.807) is 12.1 Å². The highest BCUT2D eigenvalue weighted by Crippen LogP contribution is 2.37.